The van der Waals surface area contributed by atoms with Crippen LogP contribution >= 0.6 is 23.1 Å². The molecular weight excluding hydrogens is 412 g/mol. The molecular formula is C20H20N2O3S3. The van der Waals surface area contributed by atoms with Crippen molar-refractivity contribution in [1.82, 2.24) is 10.3 Å². The maximum absolute atomic E-state index is 12.5. The van der Waals surface area contributed by atoms with E-state index < -0.39 is 9.84 Å². The number of amides is 1. The molecule has 1 aromatic carbocycles. The van der Waals surface area contributed by atoms with Crippen LogP contribution in [-0.2, 0) is 16.4 Å². The zero-order valence-electron chi connectivity index (χ0n) is 15.3. The highest BCUT2D eigenvalue weighted by atomic mass is 32.2. The van der Waals surface area contributed by atoms with Gasteiger partial charge in [-0.3, -0.25) is 4.79 Å². The lowest BCUT2D eigenvalue weighted by Gasteiger charge is -2.09. The maximum Gasteiger partial charge on any atom is 0.254 e. The Hall–Kier alpha value is -2.16. The number of nitrogens with one attached hydrogen (secondary N) is 1. The molecule has 0 saturated heterocycles. The highest BCUT2D eigenvalue weighted by Gasteiger charge is 2.17. The third kappa shape index (κ3) is 5.43. The molecule has 2 heterocycles. The van der Waals surface area contributed by atoms with Crippen LogP contribution in [0.15, 0.2) is 70.0 Å². The highest BCUT2D eigenvalue weighted by Crippen LogP contribution is 2.22. The summed E-state index contributed by atoms with van der Waals surface area (Å²) in [5.74, 6) is 0.0810. The minimum Gasteiger partial charge on any atom is -0.347 e. The average Bonchev–Trinajstić information content (AvgIpc) is 3.20. The summed E-state index contributed by atoms with van der Waals surface area (Å²) in [6.07, 6.45) is 1.60. The Morgan fingerprint density at radius 3 is 2.79 bits per heavy atom. The van der Waals surface area contributed by atoms with Crippen LogP contribution in [0.25, 0.3) is 0 Å². The monoisotopic (exact) mass is 432 g/mol. The molecule has 5 nitrogen and oxygen atoms in total. The van der Waals surface area contributed by atoms with Gasteiger partial charge in [-0.05, 0) is 48.2 Å². The van der Waals surface area contributed by atoms with Gasteiger partial charge in [0.05, 0.1) is 22.8 Å². The molecule has 0 fully saturated rings. The number of carbonyl (C=O) groups excluding carboxylic acids is 1. The Balaban J connectivity index is 1.62. The van der Waals surface area contributed by atoms with Crippen LogP contribution in [0.2, 0.25) is 0 Å². The van der Waals surface area contributed by atoms with Crippen LogP contribution in [0.4, 0.5) is 0 Å². The maximum atomic E-state index is 12.5. The SMILES string of the molecule is Cc1cccc(S(=O)(=O)CCSc2ncccc2C(=O)NCc2cccs2)c1. The van der Waals surface area contributed by atoms with Gasteiger partial charge in [0.25, 0.3) is 5.91 Å². The van der Waals surface area contributed by atoms with E-state index in [0.29, 0.717) is 27.8 Å². The van der Waals surface area contributed by atoms with Crippen molar-refractivity contribution in [3.63, 3.8) is 0 Å². The van der Waals surface area contributed by atoms with E-state index in [1.807, 2.05) is 30.5 Å². The number of hydrogen-bond donors (Lipinski definition) is 1. The molecule has 28 heavy (non-hydrogen) atoms. The van der Waals surface area contributed by atoms with Crippen molar-refractivity contribution >= 4 is 38.8 Å². The average molecular weight is 433 g/mol. The van der Waals surface area contributed by atoms with E-state index in [1.165, 1.54) is 11.8 Å². The molecule has 2 aromatic heterocycles. The third-order valence-corrected chi connectivity index (χ3v) is 7.81. The van der Waals surface area contributed by atoms with Gasteiger partial charge in [-0.15, -0.1) is 23.1 Å². The number of benzene rings is 1. The predicted octanol–water partition coefficient (Wildman–Crippen LogP) is 3.95. The molecule has 146 valence electrons. The van der Waals surface area contributed by atoms with Gasteiger partial charge >= 0.3 is 0 Å². The van der Waals surface area contributed by atoms with Gasteiger partial charge < -0.3 is 5.32 Å². The standard InChI is InChI=1S/C20H20N2O3S3/c1-15-5-2-7-17(13-15)28(24,25)12-11-27-20-18(8-3-9-21-20)19(23)22-14-16-6-4-10-26-16/h2-10,13H,11-12,14H2,1H3,(H,22,23). The van der Waals surface area contributed by atoms with Gasteiger partial charge in [0.1, 0.15) is 5.03 Å². The van der Waals surface area contributed by atoms with Crippen LogP contribution in [0.1, 0.15) is 20.8 Å². The van der Waals surface area contributed by atoms with Crippen LogP contribution < -0.4 is 5.32 Å². The largest absolute Gasteiger partial charge is 0.347 e. The second-order valence-corrected chi connectivity index (χ2v) is 10.3. The zero-order valence-corrected chi connectivity index (χ0v) is 17.7. The van der Waals surface area contributed by atoms with Gasteiger partial charge in [-0.25, -0.2) is 13.4 Å². The van der Waals surface area contributed by atoms with E-state index in [4.69, 9.17) is 0 Å². The molecule has 0 aliphatic heterocycles. The topological polar surface area (TPSA) is 76.1 Å². The van der Waals surface area contributed by atoms with Gasteiger partial charge in [-0.2, -0.15) is 0 Å². The fraction of sp³-hybridized carbons (Fsp3) is 0.200. The predicted molar refractivity (Wildman–Crippen MR) is 114 cm³/mol. The lowest BCUT2D eigenvalue weighted by molar-refractivity contribution is 0.0947. The Bertz CT molecular complexity index is 1050. The summed E-state index contributed by atoms with van der Waals surface area (Å²) < 4.78 is 25.0. The molecule has 0 aliphatic carbocycles. The Morgan fingerprint density at radius 2 is 2.04 bits per heavy atom. The van der Waals surface area contributed by atoms with E-state index in [2.05, 4.69) is 10.3 Å². The zero-order chi connectivity index (χ0) is 20.0. The van der Waals surface area contributed by atoms with Gasteiger partial charge in [0.2, 0.25) is 0 Å². The number of aromatic nitrogens is 1. The number of aryl methyl sites for hydroxylation is 1. The lowest BCUT2D eigenvalue weighted by atomic mass is 10.2. The van der Waals surface area contributed by atoms with Gasteiger partial charge in [-0.1, -0.05) is 18.2 Å². The molecule has 0 aliphatic rings. The first kappa shape index (κ1) is 20.6. The van der Waals surface area contributed by atoms with Gasteiger partial charge in [0.15, 0.2) is 9.84 Å². The number of nitrogens with zero attached hydrogens (tertiary/aromatic N) is 1. The van der Waals surface area contributed by atoms with E-state index in [-0.39, 0.29) is 11.7 Å². The van der Waals surface area contributed by atoms with Crippen LogP contribution in [0.3, 0.4) is 0 Å². The van der Waals surface area contributed by atoms with Crippen molar-refractivity contribution in [2.75, 3.05) is 11.5 Å². The van der Waals surface area contributed by atoms with Crippen LogP contribution in [0, 0.1) is 6.92 Å². The van der Waals surface area contributed by atoms with E-state index in [1.54, 1.807) is 47.9 Å². The molecule has 0 atom stereocenters. The van der Waals surface area contributed by atoms with Crippen molar-refractivity contribution in [3.8, 4) is 0 Å². The Kier molecular flexibility index (Phi) is 6.88. The molecule has 3 aromatic rings. The Morgan fingerprint density at radius 1 is 1.18 bits per heavy atom. The number of thiophene rings is 1. The molecule has 0 spiro atoms. The number of pyridine rings is 1. The summed E-state index contributed by atoms with van der Waals surface area (Å²) in [4.78, 5) is 18.2. The molecule has 3 rings (SSSR count). The minimum atomic E-state index is -3.37. The van der Waals surface area contributed by atoms with Crippen LogP contribution in [0.5, 0.6) is 0 Å². The van der Waals surface area contributed by atoms with Crippen molar-refractivity contribution < 1.29 is 13.2 Å². The quantitative estimate of drug-likeness (QED) is 0.546. The summed E-state index contributed by atoms with van der Waals surface area (Å²) in [5.41, 5.74) is 1.36. The summed E-state index contributed by atoms with van der Waals surface area (Å²) in [6.45, 7) is 2.32. The first-order valence-electron chi connectivity index (χ1n) is 8.63. The second-order valence-electron chi connectivity index (χ2n) is 6.10. The minimum absolute atomic E-state index is 0.0199. The summed E-state index contributed by atoms with van der Waals surface area (Å²) in [6, 6.07) is 14.2. The Labute approximate surface area is 173 Å². The van der Waals surface area contributed by atoms with E-state index >= 15 is 0 Å². The molecule has 8 heteroatoms. The first-order chi connectivity index (χ1) is 13.5. The van der Waals surface area contributed by atoms with E-state index in [0.717, 1.165) is 10.4 Å². The normalized spacial score (nSPS) is 11.3. The van der Waals surface area contributed by atoms with Crippen molar-refractivity contribution in [3.05, 3.63) is 76.1 Å². The second kappa shape index (κ2) is 9.36. The summed E-state index contributed by atoms with van der Waals surface area (Å²) >= 11 is 2.85. The fourth-order valence-corrected chi connectivity index (χ4v) is 5.92. The molecule has 0 saturated carbocycles. The molecule has 1 amide bonds. The molecule has 0 bridgehead atoms. The van der Waals surface area contributed by atoms with Crippen molar-refractivity contribution in [1.29, 1.82) is 0 Å². The number of thioether (sulfide) groups is 1. The highest BCUT2D eigenvalue weighted by molar-refractivity contribution is 8.00. The third-order valence-electron chi connectivity index (χ3n) is 3.96. The summed E-state index contributed by atoms with van der Waals surface area (Å²) in [5, 5.41) is 5.37. The number of sulfone groups is 1. The molecule has 0 radical (unpaired) electrons. The number of hydrogen-bond acceptors (Lipinski definition) is 6. The number of carbonyl (C=O) groups is 1. The van der Waals surface area contributed by atoms with E-state index in [9.17, 15) is 13.2 Å². The fourth-order valence-electron chi connectivity index (χ4n) is 2.53. The van der Waals surface area contributed by atoms with Crippen molar-refractivity contribution in [2.24, 2.45) is 0 Å². The summed E-state index contributed by atoms with van der Waals surface area (Å²) in [7, 11) is -3.37. The lowest BCUT2D eigenvalue weighted by Crippen LogP contribution is -2.23. The van der Waals surface area contributed by atoms with Gasteiger partial charge in [0, 0.05) is 16.8 Å². The van der Waals surface area contributed by atoms with Crippen molar-refractivity contribution in [2.45, 2.75) is 23.4 Å². The number of rotatable bonds is 8. The molecule has 0 unspecified atom stereocenters. The smallest absolute Gasteiger partial charge is 0.254 e. The first-order valence-corrected chi connectivity index (χ1v) is 12.2. The molecule has 1 N–H and O–H groups in total. The van der Waals surface area contributed by atoms with Crippen LogP contribution in [-0.4, -0.2) is 30.8 Å².